The van der Waals surface area contributed by atoms with Crippen LogP contribution < -0.4 is 0 Å². The number of rotatable bonds is 3. The third kappa shape index (κ3) is 3.40. The van der Waals surface area contributed by atoms with Gasteiger partial charge in [0, 0.05) is 6.54 Å². The molecule has 0 aromatic carbocycles. The maximum atomic E-state index is 11.7. The van der Waals surface area contributed by atoms with Crippen molar-refractivity contribution in [3.8, 4) is 0 Å². The zero-order valence-corrected chi connectivity index (χ0v) is 10.9. The lowest BCUT2D eigenvalue weighted by Gasteiger charge is -2.36. The molecule has 0 aliphatic carbocycles. The Morgan fingerprint density at radius 3 is 1.94 bits per heavy atom. The van der Waals surface area contributed by atoms with E-state index < -0.39 is 23.5 Å². The van der Waals surface area contributed by atoms with E-state index in [0.29, 0.717) is 6.54 Å². The number of hydrogen-bond donors (Lipinski definition) is 0. The van der Waals surface area contributed by atoms with Crippen LogP contribution in [0.1, 0.15) is 27.7 Å². The number of carbonyl (C=O) groups excluding carboxylic acids is 2. The van der Waals surface area contributed by atoms with E-state index in [1.54, 1.807) is 6.92 Å². The first kappa shape index (κ1) is 14.7. The molecule has 0 aromatic rings. The van der Waals surface area contributed by atoms with Crippen molar-refractivity contribution in [3.63, 3.8) is 0 Å². The molecule has 0 spiro atoms. The van der Waals surface area contributed by atoms with E-state index >= 15 is 0 Å². The summed E-state index contributed by atoms with van der Waals surface area (Å²) in [6, 6.07) is -0.644. The van der Waals surface area contributed by atoms with Crippen LogP contribution in [0, 0.1) is 5.41 Å². The lowest BCUT2D eigenvalue weighted by Crippen LogP contribution is -2.52. The molecule has 0 heterocycles. The maximum absolute atomic E-state index is 11.7. The monoisotopic (exact) mass is 231 g/mol. The number of likely N-dealkylation sites (N-methyl/N-ethyl adjacent to an activating group) is 1. The van der Waals surface area contributed by atoms with E-state index in [1.165, 1.54) is 19.1 Å². The van der Waals surface area contributed by atoms with Crippen LogP contribution in [0.25, 0.3) is 0 Å². The van der Waals surface area contributed by atoms with Crippen LogP contribution in [-0.2, 0) is 14.3 Å². The Bertz CT molecular complexity index is 257. The first-order valence-corrected chi connectivity index (χ1v) is 5.22. The van der Waals surface area contributed by atoms with Gasteiger partial charge < -0.3 is 9.47 Å². The average molecular weight is 231 g/mol. The number of carbonyl (C=O) groups is 2. The summed E-state index contributed by atoms with van der Waals surface area (Å²) in [5.74, 6) is -0.431. The molecule has 0 N–H and O–H groups in total. The summed E-state index contributed by atoms with van der Waals surface area (Å²) in [6.45, 7) is 7.81. The Morgan fingerprint density at radius 1 is 1.19 bits per heavy atom. The fourth-order valence-corrected chi connectivity index (χ4v) is 1.59. The summed E-state index contributed by atoms with van der Waals surface area (Å²) in [7, 11) is 2.61. The van der Waals surface area contributed by atoms with Gasteiger partial charge in [-0.1, -0.05) is 20.8 Å². The van der Waals surface area contributed by atoms with Gasteiger partial charge >= 0.3 is 12.1 Å². The highest BCUT2D eigenvalue weighted by Gasteiger charge is 2.39. The van der Waals surface area contributed by atoms with Gasteiger partial charge in [-0.05, 0) is 12.3 Å². The van der Waals surface area contributed by atoms with Gasteiger partial charge in [0.2, 0.25) is 0 Å². The smallest absolute Gasteiger partial charge is 0.410 e. The van der Waals surface area contributed by atoms with Gasteiger partial charge in [-0.15, -0.1) is 0 Å². The molecule has 1 unspecified atom stereocenters. The van der Waals surface area contributed by atoms with Crippen molar-refractivity contribution in [2.75, 3.05) is 20.8 Å². The third-order valence-corrected chi connectivity index (χ3v) is 2.31. The van der Waals surface area contributed by atoms with Crippen molar-refractivity contribution in [3.05, 3.63) is 0 Å². The lowest BCUT2D eigenvalue weighted by atomic mass is 9.85. The normalized spacial score (nSPS) is 12.9. The minimum absolute atomic E-state index is 0.393. The van der Waals surface area contributed by atoms with Crippen molar-refractivity contribution in [2.24, 2.45) is 5.41 Å². The first-order valence-electron chi connectivity index (χ1n) is 5.22. The molecule has 0 saturated heterocycles. The lowest BCUT2D eigenvalue weighted by molar-refractivity contribution is -0.150. The molecule has 16 heavy (non-hydrogen) atoms. The van der Waals surface area contributed by atoms with Gasteiger partial charge in [-0.25, -0.2) is 9.59 Å². The molecule has 5 nitrogen and oxygen atoms in total. The van der Waals surface area contributed by atoms with Crippen molar-refractivity contribution >= 4 is 12.1 Å². The fourth-order valence-electron chi connectivity index (χ4n) is 1.59. The highest BCUT2D eigenvalue weighted by Crippen LogP contribution is 2.25. The molecular weight excluding hydrogens is 210 g/mol. The molecule has 5 heteroatoms. The topological polar surface area (TPSA) is 55.8 Å². The summed E-state index contributed by atoms with van der Waals surface area (Å²) in [4.78, 5) is 24.6. The van der Waals surface area contributed by atoms with E-state index in [2.05, 4.69) is 4.74 Å². The maximum Gasteiger partial charge on any atom is 0.410 e. The van der Waals surface area contributed by atoms with Gasteiger partial charge in [0.15, 0.2) is 0 Å². The van der Waals surface area contributed by atoms with Crippen LogP contribution in [0.15, 0.2) is 0 Å². The number of amides is 1. The molecule has 1 atom stereocenters. The number of hydrogen-bond acceptors (Lipinski definition) is 4. The summed E-state index contributed by atoms with van der Waals surface area (Å²) in [5, 5.41) is 0. The van der Waals surface area contributed by atoms with Gasteiger partial charge in [0.05, 0.1) is 14.2 Å². The highest BCUT2D eigenvalue weighted by atomic mass is 16.5. The molecular formula is C11H21NO4. The molecule has 0 aliphatic rings. The van der Waals surface area contributed by atoms with E-state index in [4.69, 9.17) is 4.74 Å². The van der Waals surface area contributed by atoms with Crippen molar-refractivity contribution in [1.82, 2.24) is 4.90 Å². The Kier molecular flexibility index (Phi) is 5.27. The fraction of sp³-hybridized carbons (Fsp3) is 0.818. The molecule has 0 saturated carbocycles. The van der Waals surface area contributed by atoms with Crippen LogP contribution in [-0.4, -0.2) is 43.8 Å². The quantitative estimate of drug-likeness (QED) is 0.693. The molecule has 0 radical (unpaired) electrons. The molecule has 0 aliphatic heterocycles. The van der Waals surface area contributed by atoms with Crippen LogP contribution in [0.2, 0.25) is 0 Å². The Hall–Kier alpha value is -1.26. The summed E-state index contributed by atoms with van der Waals surface area (Å²) in [6.07, 6.45) is -0.521. The SMILES string of the molecule is CCN(C(=O)OC)C(C(=O)OC)C(C)(C)C. The Balaban J connectivity index is 5.15. The zero-order valence-electron chi connectivity index (χ0n) is 10.9. The molecule has 0 aromatic heterocycles. The molecule has 1 amide bonds. The number of esters is 1. The zero-order chi connectivity index (χ0) is 12.9. The predicted octanol–water partition coefficient (Wildman–Crippen LogP) is 1.66. The van der Waals surface area contributed by atoms with E-state index in [1.807, 2.05) is 20.8 Å². The van der Waals surface area contributed by atoms with E-state index in [0.717, 1.165) is 0 Å². The molecule has 0 rings (SSSR count). The summed E-state index contributed by atoms with van der Waals surface area (Å²) < 4.78 is 9.38. The summed E-state index contributed by atoms with van der Waals surface area (Å²) >= 11 is 0. The Labute approximate surface area is 96.7 Å². The Morgan fingerprint density at radius 2 is 1.69 bits per heavy atom. The largest absolute Gasteiger partial charge is 0.467 e. The van der Waals surface area contributed by atoms with Crippen LogP contribution >= 0.6 is 0 Å². The van der Waals surface area contributed by atoms with Crippen molar-refractivity contribution in [2.45, 2.75) is 33.7 Å². The van der Waals surface area contributed by atoms with Crippen LogP contribution in [0.5, 0.6) is 0 Å². The van der Waals surface area contributed by atoms with Crippen molar-refractivity contribution in [1.29, 1.82) is 0 Å². The molecule has 0 fully saturated rings. The molecule has 0 bridgehead atoms. The highest BCUT2D eigenvalue weighted by molar-refractivity contribution is 5.82. The van der Waals surface area contributed by atoms with Crippen LogP contribution in [0.3, 0.4) is 0 Å². The minimum Gasteiger partial charge on any atom is -0.467 e. The molecule has 94 valence electrons. The third-order valence-electron chi connectivity index (χ3n) is 2.31. The van der Waals surface area contributed by atoms with Gasteiger partial charge in [-0.3, -0.25) is 4.90 Å². The van der Waals surface area contributed by atoms with E-state index in [-0.39, 0.29) is 0 Å². The van der Waals surface area contributed by atoms with Gasteiger partial charge in [0.25, 0.3) is 0 Å². The number of ether oxygens (including phenoxy) is 2. The summed E-state index contributed by atoms with van der Waals surface area (Å²) in [5.41, 5.74) is -0.405. The van der Waals surface area contributed by atoms with E-state index in [9.17, 15) is 9.59 Å². The second kappa shape index (κ2) is 5.72. The van der Waals surface area contributed by atoms with Crippen molar-refractivity contribution < 1.29 is 19.1 Å². The predicted molar refractivity (Wildman–Crippen MR) is 60.0 cm³/mol. The van der Waals surface area contributed by atoms with Gasteiger partial charge in [0.1, 0.15) is 6.04 Å². The average Bonchev–Trinajstić information content (AvgIpc) is 2.21. The second-order valence-electron chi connectivity index (χ2n) is 4.55. The number of methoxy groups -OCH3 is 2. The second-order valence-corrected chi connectivity index (χ2v) is 4.55. The van der Waals surface area contributed by atoms with Crippen LogP contribution in [0.4, 0.5) is 4.79 Å². The standard InChI is InChI=1S/C11H21NO4/c1-7-12(10(14)16-6)8(9(13)15-5)11(2,3)4/h8H,7H2,1-6H3. The van der Waals surface area contributed by atoms with Gasteiger partial charge in [-0.2, -0.15) is 0 Å². The number of nitrogens with zero attached hydrogens (tertiary/aromatic N) is 1. The minimum atomic E-state index is -0.644. The first-order chi connectivity index (χ1) is 7.29.